The first-order valence-electron chi connectivity index (χ1n) is 17.1. The van der Waals surface area contributed by atoms with E-state index in [9.17, 15) is 38.4 Å². The fourth-order valence-corrected chi connectivity index (χ4v) is 8.08. The van der Waals surface area contributed by atoms with Crippen molar-refractivity contribution in [3.8, 4) is 0 Å². The molecule has 4 atom stereocenters. The Morgan fingerprint density at radius 3 is 2.21 bits per heavy atom. The van der Waals surface area contributed by atoms with Gasteiger partial charge in [-0.2, -0.15) is 12.6 Å². The molecule has 2 aliphatic rings. The van der Waals surface area contributed by atoms with Crippen molar-refractivity contribution in [1.82, 2.24) is 26.2 Å². The van der Waals surface area contributed by atoms with Gasteiger partial charge in [0, 0.05) is 55.7 Å². The molecule has 0 aromatic carbocycles. The van der Waals surface area contributed by atoms with E-state index in [0.29, 0.717) is 32.8 Å². The largest absolute Gasteiger partial charge is 0.480 e. The lowest BCUT2D eigenvalue weighted by atomic mass is 10.1. The standard InChI is InChI=1S/C31H50N6O12S3/c32-21(31(45)46)5-6-26(40)36-22(19-50)29(43)35-18-28(42)49-23-17-27(41)37(30(23)44)11-7-25(39)34-10-13-48-15-14-47-12-9-33-24(38)4-2-1-3-20-8-16-51-52-20/h20-23,50H,1-19,32H2,(H,33,38)(H,34,39)(H,35,43)(H,36,40)(H,45,46)/t20?,21-,22-,23?/m0/s1. The predicted octanol–water partition coefficient (Wildman–Crippen LogP) is -1.25. The quantitative estimate of drug-likeness (QED) is 0.0169. The summed E-state index contributed by atoms with van der Waals surface area (Å²) in [6.45, 7) is 0.902. The van der Waals surface area contributed by atoms with Gasteiger partial charge in [-0.3, -0.25) is 43.3 Å². The van der Waals surface area contributed by atoms with E-state index in [4.69, 9.17) is 25.1 Å². The van der Waals surface area contributed by atoms with Gasteiger partial charge in [-0.15, -0.1) is 0 Å². The number of likely N-dealkylation sites (tertiary alicyclic amines) is 1. The number of ether oxygens (including phenoxy) is 3. The number of amides is 6. The lowest BCUT2D eigenvalue weighted by molar-refractivity contribution is -0.156. The molecule has 7 N–H and O–H groups in total. The van der Waals surface area contributed by atoms with Crippen molar-refractivity contribution in [2.75, 3.05) is 64.1 Å². The van der Waals surface area contributed by atoms with Gasteiger partial charge in [-0.25, -0.2) is 0 Å². The molecule has 52 heavy (non-hydrogen) atoms. The summed E-state index contributed by atoms with van der Waals surface area (Å²) in [6, 6.07) is -2.39. The molecule has 0 bridgehead atoms. The SMILES string of the molecule is N[C@@H](CCC(=O)N[C@@H](CS)C(=O)NCC(=O)OC1CC(=O)N(CCC(=O)NCCOCCOCCNC(=O)CCCCC2CCSS2)C1=O)C(=O)O. The summed E-state index contributed by atoms with van der Waals surface area (Å²) in [4.78, 5) is 97.3. The summed E-state index contributed by atoms with van der Waals surface area (Å²) in [5.74, 6) is -4.46. The summed E-state index contributed by atoms with van der Waals surface area (Å²) in [5, 5.41) is 19.6. The first kappa shape index (κ1) is 45.0. The number of nitrogens with two attached hydrogens (primary N) is 1. The van der Waals surface area contributed by atoms with Crippen molar-refractivity contribution in [3.63, 3.8) is 0 Å². The van der Waals surface area contributed by atoms with E-state index in [2.05, 4.69) is 33.9 Å². The lowest BCUT2D eigenvalue weighted by Crippen LogP contribution is -2.49. The van der Waals surface area contributed by atoms with Crippen LogP contribution in [0.3, 0.4) is 0 Å². The first-order valence-corrected chi connectivity index (χ1v) is 20.1. The minimum absolute atomic E-state index is 0.0229. The molecule has 0 spiro atoms. The number of nitrogens with one attached hydrogen (secondary N) is 4. The van der Waals surface area contributed by atoms with Crippen molar-refractivity contribution < 1.29 is 57.7 Å². The highest BCUT2D eigenvalue weighted by molar-refractivity contribution is 8.77. The second-order valence-electron chi connectivity index (χ2n) is 11.8. The monoisotopic (exact) mass is 794 g/mol. The van der Waals surface area contributed by atoms with Crippen LogP contribution in [-0.4, -0.2) is 145 Å². The van der Waals surface area contributed by atoms with Gasteiger partial charge in [0.1, 0.15) is 18.6 Å². The van der Waals surface area contributed by atoms with Gasteiger partial charge in [-0.1, -0.05) is 28.0 Å². The molecule has 18 nitrogen and oxygen atoms in total. The number of carbonyl (C=O) groups excluding carboxylic acids is 7. The zero-order valence-corrected chi connectivity index (χ0v) is 31.5. The molecule has 2 saturated heterocycles. The number of hydrogen-bond acceptors (Lipinski definition) is 15. The Kier molecular flexibility index (Phi) is 22.3. The van der Waals surface area contributed by atoms with E-state index in [1.807, 2.05) is 21.6 Å². The number of nitrogens with zero attached hydrogens (tertiary/aromatic N) is 1. The zero-order chi connectivity index (χ0) is 38.3. The van der Waals surface area contributed by atoms with Gasteiger partial charge in [-0.05, 0) is 25.7 Å². The molecule has 6 amide bonds. The molecule has 2 fully saturated rings. The van der Waals surface area contributed by atoms with Crippen LogP contribution in [0.25, 0.3) is 0 Å². The lowest BCUT2D eigenvalue weighted by Gasteiger charge is -2.17. The summed E-state index contributed by atoms with van der Waals surface area (Å²) >= 11 is 3.99. The van der Waals surface area contributed by atoms with Gasteiger partial charge in [0.05, 0.1) is 32.8 Å². The number of rotatable bonds is 27. The number of carboxylic acids is 1. The number of imide groups is 1. The van der Waals surface area contributed by atoms with Crippen molar-refractivity contribution in [3.05, 3.63) is 0 Å². The highest BCUT2D eigenvalue weighted by Crippen LogP contribution is 2.39. The van der Waals surface area contributed by atoms with Gasteiger partial charge in [0.25, 0.3) is 5.91 Å². The van der Waals surface area contributed by atoms with Crippen LogP contribution in [0.4, 0.5) is 0 Å². The Morgan fingerprint density at radius 1 is 0.923 bits per heavy atom. The number of aliphatic carboxylic acids is 1. The van der Waals surface area contributed by atoms with Crippen molar-refractivity contribution in [2.45, 2.75) is 81.2 Å². The molecular weight excluding hydrogens is 745 g/mol. The first-order chi connectivity index (χ1) is 24.9. The maximum atomic E-state index is 12.6. The zero-order valence-electron chi connectivity index (χ0n) is 29.0. The fraction of sp³-hybridized carbons (Fsp3) is 0.742. The third-order valence-corrected chi connectivity index (χ3v) is 11.1. The van der Waals surface area contributed by atoms with E-state index in [1.165, 1.54) is 12.2 Å². The van der Waals surface area contributed by atoms with Crippen LogP contribution in [0.5, 0.6) is 0 Å². The Morgan fingerprint density at radius 2 is 1.60 bits per heavy atom. The molecule has 0 aromatic rings. The van der Waals surface area contributed by atoms with Crippen molar-refractivity contribution in [1.29, 1.82) is 0 Å². The van der Waals surface area contributed by atoms with Crippen LogP contribution in [0.15, 0.2) is 0 Å². The minimum Gasteiger partial charge on any atom is -0.480 e. The predicted molar refractivity (Wildman–Crippen MR) is 194 cm³/mol. The Labute approximate surface area is 315 Å². The minimum atomic E-state index is -1.42. The van der Waals surface area contributed by atoms with Crippen LogP contribution in [0, 0.1) is 0 Å². The second kappa shape index (κ2) is 25.8. The average molecular weight is 795 g/mol. The summed E-state index contributed by atoms with van der Waals surface area (Å²) in [5.41, 5.74) is 5.35. The third kappa shape index (κ3) is 18.6. The van der Waals surface area contributed by atoms with Crippen LogP contribution >= 0.6 is 34.2 Å². The maximum absolute atomic E-state index is 12.6. The molecule has 2 aliphatic heterocycles. The number of thiol groups is 1. The Hall–Kier alpha value is -3.11. The van der Waals surface area contributed by atoms with E-state index in [1.54, 1.807) is 0 Å². The average Bonchev–Trinajstić information content (AvgIpc) is 3.73. The molecule has 21 heteroatoms. The molecular formula is C31H50N6O12S3. The van der Waals surface area contributed by atoms with Gasteiger partial charge >= 0.3 is 11.9 Å². The molecule has 0 aromatic heterocycles. The van der Waals surface area contributed by atoms with E-state index >= 15 is 0 Å². The molecule has 0 radical (unpaired) electrons. The molecule has 294 valence electrons. The molecule has 0 aliphatic carbocycles. The number of unbranched alkanes of at least 4 members (excludes halogenated alkanes) is 1. The van der Waals surface area contributed by atoms with Crippen molar-refractivity contribution >= 4 is 81.6 Å². The third-order valence-electron chi connectivity index (χ3n) is 7.70. The normalized spacial score (nSPS) is 18.1. The highest BCUT2D eigenvalue weighted by atomic mass is 33.1. The number of hydrogen-bond donors (Lipinski definition) is 7. The maximum Gasteiger partial charge on any atom is 0.326 e. The summed E-state index contributed by atoms with van der Waals surface area (Å²) in [7, 11) is 3.88. The molecule has 2 unspecified atom stereocenters. The van der Waals surface area contributed by atoms with Crippen LogP contribution in [0.2, 0.25) is 0 Å². The summed E-state index contributed by atoms with van der Waals surface area (Å²) in [6.07, 6.45) is 2.47. The smallest absolute Gasteiger partial charge is 0.326 e. The van der Waals surface area contributed by atoms with Crippen LogP contribution in [-0.2, 0) is 52.6 Å². The number of esters is 1. The molecule has 2 rings (SSSR count). The van der Waals surface area contributed by atoms with E-state index in [-0.39, 0.29) is 50.6 Å². The van der Waals surface area contributed by atoms with E-state index < -0.39 is 72.6 Å². The highest BCUT2D eigenvalue weighted by Gasteiger charge is 2.41. The number of carbonyl (C=O) groups is 8. The Balaban J connectivity index is 1.50. The van der Waals surface area contributed by atoms with Crippen molar-refractivity contribution in [2.24, 2.45) is 5.73 Å². The van der Waals surface area contributed by atoms with Gasteiger partial charge in [0.2, 0.25) is 29.5 Å². The topological polar surface area (TPSA) is 262 Å². The summed E-state index contributed by atoms with van der Waals surface area (Å²) < 4.78 is 15.9. The van der Waals surface area contributed by atoms with E-state index in [0.717, 1.165) is 29.4 Å². The fourth-order valence-electron chi connectivity index (χ4n) is 4.79. The Bertz CT molecular complexity index is 1230. The molecule has 0 saturated carbocycles. The second-order valence-corrected chi connectivity index (χ2v) is 15.0. The van der Waals surface area contributed by atoms with Crippen LogP contribution < -0.4 is 27.0 Å². The van der Waals surface area contributed by atoms with Gasteiger partial charge in [0.15, 0.2) is 6.10 Å². The molecule has 2 heterocycles. The number of carboxylic acid groups (broad SMARTS) is 1. The van der Waals surface area contributed by atoms with Gasteiger partial charge < -0.3 is 46.3 Å². The van der Waals surface area contributed by atoms with Crippen LogP contribution in [0.1, 0.15) is 57.8 Å².